The van der Waals surface area contributed by atoms with Gasteiger partial charge in [-0.2, -0.15) is 0 Å². The lowest BCUT2D eigenvalue weighted by atomic mass is 9.95. The number of benzene rings is 2. The Morgan fingerprint density at radius 2 is 0.953 bits per heavy atom. The van der Waals surface area contributed by atoms with Crippen LogP contribution in [0.3, 0.4) is 0 Å². The number of allylic oxidation sites excluding steroid dienone is 2. The molecule has 0 aliphatic heterocycles. The predicted molar refractivity (Wildman–Crippen MR) is 166 cm³/mol. The van der Waals surface area contributed by atoms with Crippen LogP contribution in [0.4, 0.5) is 0 Å². The molecule has 232 valence electrons. The van der Waals surface area contributed by atoms with Gasteiger partial charge in [-0.05, 0) is 117 Å². The van der Waals surface area contributed by atoms with Gasteiger partial charge in [-0.3, -0.25) is 9.59 Å². The van der Waals surface area contributed by atoms with Crippen LogP contribution in [0.25, 0.3) is 0 Å². The zero-order valence-electron chi connectivity index (χ0n) is 26.4. The Bertz CT molecular complexity index is 1260. The minimum Gasteiger partial charge on any atom is -0.482 e. The number of carbonyl (C=O) groups is 4. The smallest absolute Gasteiger partial charge is 0.344 e. The molecule has 0 aromatic heterocycles. The van der Waals surface area contributed by atoms with E-state index in [0.29, 0.717) is 65.9 Å². The molecule has 0 heterocycles. The lowest BCUT2D eigenvalue weighted by Gasteiger charge is -2.14. The average molecular weight is 593 g/mol. The highest BCUT2D eigenvalue weighted by atomic mass is 16.6. The van der Waals surface area contributed by atoms with E-state index in [1.165, 1.54) is 0 Å². The first kappa shape index (κ1) is 35.0. The van der Waals surface area contributed by atoms with Crippen molar-refractivity contribution in [1.29, 1.82) is 0 Å². The number of carbonyl (C=O) groups excluding carboxylic acids is 4. The van der Waals surface area contributed by atoms with Crippen molar-refractivity contribution in [2.24, 2.45) is 0 Å². The van der Waals surface area contributed by atoms with Crippen LogP contribution in [0, 0.1) is 27.7 Å². The van der Waals surface area contributed by atoms with Gasteiger partial charge in [0.25, 0.3) is 0 Å². The summed E-state index contributed by atoms with van der Waals surface area (Å²) in [7, 11) is 0. The van der Waals surface area contributed by atoms with Crippen molar-refractivity contribution in [3.05, 3.63) is 82.0 Å². The molecule has 8 nitrogen and oxygen atoms in total. The Hall–Kier alpha value is -4.20. The molecule has 0 saturated heterocycles. The number of unbranched alkanes of at least 4 members (excludes halogenated alkanes) is 2. The number of hydrogen-bond acceptors (Lipinski definition) is 8. The zero-order chi connectivity index (χ0) is 32.1. The summed E-state index contributed by atoms with van der Waals surface area (Å²) in [6.45, 7) is 18.8. The van der Waals surface area contributed by atoms with Crippen molar-refractivity contribution in [2.45, 2.75) is 73.6 Å². The van der Waals surface area contributed by atoms with Crippen LogP contribution < -0.4 is 9.47 Å². The summed E-state index contributed by atoms with van der Waals surface area (Å²) in [5.41, 5.74) is 5.43. The van der Waals surface area contributed by atoms with E-state index in [-0.39, 0.29) is 38.0 Å². The normalized spacial score (nSPS) is 10.6. The van der Waals surface area contributed by atoms with Gasteiger partial charge in [0, 0.05) is 11.1 Å². The lowest BCUT2D eigenvalue weighted by Crippen LogP contribution is -2.17. The first-order valence-corrected chi connectivity index (χ1v) is 14.6. The fourth-order valence-corrected chi connectivity index (χ4v) is 4.21. The summed E-state index contributed by atoms with van der Waals surface area (Å²) in [5, 5.41) is 0. The Morgan fingerprint density at radius 3 is 1.30 bits per heavy atom. The quantitative estimate of drug-likeness (QED) is 0.0794. The SMILES string of the molecule is C=C(CC)C(=O)c1ccc(OCC(=O)OCCCCCOC(=O)COc2ccc(C(=O)C(=C)CC)c(C)c2C)c(C)c1C. The molecule has 0 bridgehead atoms. The van der Waals surface area contributed by atoms with Gasteiger partial charge < -0.3 is 18.9 Å². The van der Waals surface area contributed by atoms with Crippen LogP contribution in [-0.4, -0.2) is 49.9 Å². The Balaban J connectivity index is 1.65. The molecule has 0 N–H and O–H groups in total. The Labute approximate surface area is 255 Å². The maximum atomic E-state index is 12.5. The zero-order valence-corrected chi connectivity index (χ0v) is 26.4. The van der Waals surface area contributed by atoms with Crippen LogP contribution in [0.5, 0.6) is 11.5 Å². The standard InChI is InChI=1S/C35H44O8/c1-9-22(3)34(38)28-14-16-30(26(7)24(28)5)42-20-32(36)40-18-12-11-13-19-41-33(37)21-43-31-17-15-29(25(6)27(31)8)35(39)23(4)10-2/h14-17H,3-4,9-13,18-21H2,1-2,5-8H3. The molecule has 2 aromatic rings. The number of rotatable bonds is 18. The number of Topliss-reactive ketones (excluding diaryl/α,β-unsaturated/α-hetero) is 2. The molecule has 2 aromatic carbocycles. The van der Waals surface area contributed by atoms with Gasteiger partial charge in [-0.15, -0.1) is 0 Å². The first-order chi connectivity index (χ1) is 20.4. The molecule has 0 fully saturated rings. The van der Waals surface area contributed by atoms with Crippen molar-refractivity contribution in [3.8, 4) is 11.5 Å². The third-order valence-corrected chi connectivity index (χ3v) is 7.47. The number of esters is 2. The van der Waals surface area contributed by atoms with Crippen LogP contribution in [-0.2, 0) is 19.1 Å². The van der Waals surface area contributed by atoms with Gasteiger partial charge in [-0.1, -0.05) is 27.0 Å². The first-order valence-electron chi connectivity index (χ1n) is 14.6. The number of ether oxygens (including phenoxy) is 4. The highest BCUT2D eigenvalue weighted by Gasteiger charge is 2.17. The van der Waals surface area contributed by atoms with Crippen molar-refractivity contribution >= 4 is 23.5 Å². The largest absolute Gasteiger partial charge is 0.482 e. The Kier molecular flexibility index (Phi) is 13.9. The molecule has 2 rings (SSSR count). The topological polar surface area (TPSA) is 105 Å². The van der Waals surface area contributed by atoms with E-state index < -0.39 is 11.9 Å². The molecule has 0 amide bonds. The lowest BCUT2D eigenvalue weighted by molar-refractivity contribution is -0.146. The molecule has 0 spiro atoms. The molecule has 0 unspecified atom stereocenters. The van der Waals surface area contributed by atoms with Crippen molar-refractivity contribution in [1.82, 2.24) is 0 Å². The molecular weight excluding hydrogens is 548 g/mol. The van der Waals surface area contributed by atoms with Crippen molar-refractivity contribution in [3.63, 3.8) is 0 Å². The minimum absolute atomic E-state index is 0.0855. The summed E-state index contributed by atoms with van der Waals surface area (Å²) in [6.07, 6.45) is 3.10. The van der Waals surface area contributed by atoms with Crippen LogP contribution in [0.15, 0.2) is 48.6 Å². The van der Waals surface area contributed by atoms with E-state index in [2.05, 4.69) is 13.2 Å². The minimum atomic E-state index is -0.488. The monoisotopic (exact) mass is 592 g/mol. The summed E-state index contributed by atoms with van der Waals surface area (Å²) < 4.78 is 21.7. The van der Waals surface area contributed by atoms with Gasteiger partial charge in [0.1, 0.15) is 11.5 Å². The van der Waals surface area contributed by atoms with Gasteiger partial charge in [0.05, 0.1) is 13.2 Å². The molecule has 8 heteroatoms. The summed E-state index contributed by atoms with van der Waals surface area (Å²) >= 11 is 0. The number of hydrogen-bond donors (Lipinski definition) is 0. The maximum absolute atomic E-state index is 12.5. The summed E-state index contributed by atoms with van der Waals surface area (Å²) in [6, 6.07) is 6.76. The average Bonchev–Trinajstić information content (AvgIpc) is 3.00. The van der Waals surface area contributed by atoms with E-state index in [1.807, 2.05) is 41.5 Å². The van der Waals surface area contributed by atoms with E-state index >= 15 is 0 Å². The fourth-order valence-electron chi connectivity index (χ4n) is 4.21. The molecule has 0 aliphatic carbocycles. The van der Waals surface area contributed by atoms with Gasteiger partial charge >= 0.3 is 11.9 Å². The molecule has 0 saturated carbocycles. The highest BCUT2D eigenvalue weighted by molar-refractivity contribution is 6.10. The molecule has 0 atom stereocenters. The molecule has 0 aliphatic rings. The number of ketones is 2. The van der Waals surface area contributed by atoms with E-state index in [4.69, 9.17) is 18.9 Å². The maximum Gasteiger partial charge on any atom is 0.344 e. The van der Waals surface area contributed by atoms with E-state index in [1.54, 1.807) is 24.3 Å². The Morgan fingerprint density at radius 1 is 0.581 bits per heavy atom. The van der Waals surface area contributed by atoms with Gasteiger partial charge in [-0.25, -0.2) is 9.59 Å². The molecule has 0 radical (unpaired) electrons. The van der Waals surface area contributed by atoms with Crippen LogP contribution in [0.1, 0.15) is 88.9 Å². The summed E-state index contributed by atoms with van der Waals surface area (Å²) in [5.74, 6) is -0.101. The molecular formula is C35H44O8. The van der Waals surface area contributed by atoms with E-state index in [0.717, 1.165) is 22.3 Å². The second-order valence-corrected chi connectivity index (χ2v) is 10.4. The summed E-state index contributed by atoms with van der Waals surface area (Å²) in [4.78, 5) is 49.2. The third kappa shape index (κ3) is 9.94. The van der Waals surface area contributed by atoms with Crippen LogP contribution >= 0.6 is 0 Å². The highest BCUT2D eigenvalue weighted by Crippen LogP contribution is 2.27. The van der Waals surface area contributed by atoms with Gasteiger partial charge in [0.15, 0.2) is 24.8 Å². The van der Waals surface area contributed by atoms with Crippen molar-refractivity contribution < 1.29 is 38.1 Å². The second-order valence-electron chi connectivity index (χ2n) is 10.4. The van der Waals surface area contributed by atoms with E-state index in [9.17, 15) is 19.2 Å². The van der Waals surface area contributed by atoms with Crippen molar-refractivity contribution in [2.75, 3.05) is 26.4 Å². The van der Waals surface area contributed by atoms with Crippen LogP contribution in [0.2, 0.25) is 0 Å². The third-order valence-electron chi connectivity index (χ3n) is 7.47. The predicted octanol–water partition coefficient (Wildman–Crippen LogP) is 6.93. The van der Waals surface area contributed by atoms with Gasteiger partial charge in [0.2, 0.25) is 0 Å². The molecule has 43 heavy (non-hydrogen) atoms. The second kappa shape index (κ2) is 17.0. The fraction of sp³-hybridized carbons (Fsp3) is 0.429.